The van der Waals surface area contributed by atoms with Crippen molar-refractivity contribution in [3.8, 4) is 0 Å². The Hall–Kier alpha value is -0.820. The van der Waals surface area contributed by atoms with Crippen molar-refractivity contribution in [2.24, 2.45) is 0 Å². The second-order valence-corrected chi connectivity index (χ2v) is 11.0. The lowest BCUT2D eigenvalue weighted by molar-refractivity contribution is 0.615. The van der Waals surface area contributed by atoms with Crippen LogP contribution in [0.4, 0.5) is 0 Å². The molecule has 4 aromatic rings. The number of hydrogen-bond acceptors (Lipinski definition) is 2. The van der Waals surface area contributed by atoms with Crippen LogP contribution in [0.15, 0.2) is 54.3 Å². The van der Waals surface area contributed by atoms with E-state index >= 15 is 0 Å². The van der Waals surface area contributed by atoms with Gasteiger partial charge < -0.3 is 0 Å². The van der Waals surface area contributed by atoms with Gasteiger partial charge in [-0.05, 0) is 92.2 Å². The van der Waals surface area contributed by atoms with Gasteiger partial charge in [0.05, 0.1) is 11.0 Å². The topological polar surface area (TPSA) is 25.8 Å². The van der Waals surface area contributed by atoms with Gasteiger partial charge in [0.25, 0.3) is 0 Å². The molecule has 138 valence electrons. The van der Waals surface area contributed by atoms with Crippen LogP contribution in [-0.2, 0) is 12.8 Å². The van der Waals surface area contributed by atoms with E-state index in [1.165, 1.54) is 33.3 Å². The molecule has 0 saturated carbocycles. The fraction of sp³-hybridized carbons (Fsp3) is 0.182. The summed E-state index contributed by atoms with van der Waals surface area (Å²) in [4.78, 5) is 10.2. The summed E-state index contributed by atoms with van der Waals surface area (Å²) < 4.78 is 4.28. The van der Waals surface area contributed by atoms with Crippen LogP contribution in [0, 0.1) is 0 Å². The van der Waals surface area contributed by atoms with Gasteiger partial charge in [0.15, 0.2) is 0 Å². The van der Waals surface area contributed by atoms with E-state index in [1.54, 1.807) is 0 Å². The quantitative estimate of drug-likeness (QED) is 0.200. The highest BCUT2D eigenvalue weighted by Gasteiger charge is 2.42. The van der Waals surface area contributed by atoms with Crippen molar-refractivity contribution < 1.29 is 0 Å². The molecule has 0 bridgehead atoms. The minimum atomic E-state index is 0.419. The van der Waals surface area contributed by atoms with E-state index < -0.39 is 0 Å². The van der Waals surface area contributed by atoms with E-state index in [0.29, 0.717) is 11.8 Å². The SMILES string of the molecule is Brc1ccc(Br)c2nc3c(cc12)CC1c2nc4c(Br)ccc(Br)c4cc2CC31. The van der Waals surface area contributed by atoms with Crippen LogP contribution in [0.5, 0.6) is 0 Å². The van der Waals surface area contributed by atoms with Crippen LogP contribution in [0.25, 0.3) is 21.8 Å². The molecule has 2 aliphatic carbocycles. The van der Waals surface area contributed by atoms with E-state index in [1.807, 2.05) is 0 Å². The van der Waals surface area contributed by atoms with Crippen LogP contribution in [0.2, 0.25) is 0 Å². The molecule has 2 aromatic carbocycles. The zero-order valence-corrected chi connectivity index (χ0v) is 20.8. The third kappa shape index (κ3) is 2.47. The molecule has 2 atom stereocenters. The van der Waals surface area contributed by atoms with Crippen LogP contribution in [-0.4, -0.2) is 9.97 Å². The summed E-state index contributed by atoms with van der Waals surface area (Å²) in [6.07, 6.45) is 2.03. The van der Waals surface area contributed by atoms with Crippen LogP contribution in [0.3, 0.4) is 0 Å². The van der Waals surface area contributed by atoms with Crippen molar-refractivity contribution in [3.63, 3.8) is 0 Å². The van der Waals surface area contributed by atoms with Gasteiger partial charge in [0.1, 0.15) is 0 Å². The van der Waals surface area contributed by atoms with Crippen LogP contribution >= 0.6 is 63.7 Å². The first-order chi connectivity index (χ1) is 13.5. The molecule has 2 aromatic heterocycles. The number of pyridine rings is 2. The highest BCUT2D eigenvalue weighted by atomic mass is 79.9. The molecule has 0 amide bonds. The first kappa shape index (κ1) is 18.0. The monoisotopic (exact) mass is 620 g/mol. The van der Waals surface area contributed by atoms with Crippen molar-refractivity contribution in [2.45, 2.75) is 24.7 Å². The summed E-state index contributed by atoms with van der Waals surface area (Å²) in [5.74, 6) is 0.837. The maximum absolute atomic E-state index is 5.12. The van der Waals surface area contributed by atoms with Crippen LogP contribution in [0.1, 0.15) is 34.4 Å². The predicted molar refractivity (Wildman–Crippen MR) is 127 cm³/mol. The molecule has 0 aliphatic heterocycles. The van der Waals surface area contributed by atoms with Crippen molar-refractivity contribution in [1.29, 1.82) is 0 Å². The highest BCUT2D eigenvalue weighted by Crippen LogP contribution is 2.52. The molecule has 28 heavy (non-hydrogen) atoms. The number of aromatic nitrogens is 2. The summed E-state index contributed by atoms with van der Waals surface area (Å²) in [6.45, 7) is 0. The molecule has 2 heterocycles. The Balaban J connectivity index is 1.54. The van der Waals surface area contributed by atoms with Gasteiger partial charge in [0, 0.05) is 51.9 Å². The van der Waals surface area contributed by atoms with Gasteiger partial charge in [-0.2, -0.15) is 0 Å². The lowest BCUT2D eigenvalue weighted by Crippen LogP contribution is -2.01. The normalized spacial score (nSPS) is 19.9. The smallest absolute Gasteiger partial charge is 0.0858 e. The van der Waals surface area contributed by atoms with E-state index in [9.17, 15) is 0 Å². The number of hydrogen-bond donors (Lipinski definition) is 0. The molecule has 0 saturated heterocycles. The van der Waals surface area contributed by atoms with Crippen molar-refractivity contribution in [1.82, 2.24) is 9.97 Å². The molecule has 0 fully saturated rings. The lowest BCUT2D eigenvalue weighted by atomic mass is 9.98. The minimum Gasteiger partial charge on any atom is -0.251 e. The molecule has 0 N–H and O–H groups in total. The second-order valence-electron chi connectivity index (χ2n) is 7.54. The maximum atomic E-state index is 5.12. The largest absolute Gasteiger partial charge is 0.251 e. The first-order valence-electron chi connectivity index (χ1n) is 9.06. The maximum Gasteiger partial charge on any atom is 0.0858 e. The summed E-state index contributed by atoms with van der Waals surface area (Å²) in [6, 6.07) is 12.9. The van der Waals surface area contributed by atoms with E-state index in [-0.39, 0.29) is 0 Å². The molecule has 2 aliphatic rings. The number of nitrogens with zero attached hydrogens (tertiary/aromatic N) is 2. The highest BCUT2D eigenvalue weighted by molar-refractivity contribution is 9.11. The zero-order valence-electron chi connectivity index (χ0n) is 14.4. The summed E-state index contributed by atoms with van der Waals surface area (Å²) in [5.41, 5.74) is 7.29. The van der Waals surface area contributed by atoms with Crippen molar-refractivity contribution >= 4 is 85.5 Å². The van der Waals surface area contributed by atoms with Crippen molar-refractivity contribution in [3.05, 3.63) is 76.8 Å². The molecule has 0 spiro atoms. The second kappa shape index (κ2) is 6.34. The fourth-order valence-electron chi connectivity index (χ4n) is 4.80. The number of rotatable bonds is 0. The van der Waals surface area contributed by atoms with E-state index in [2.05, 4.69) is 100 Å². The zero-order chi connectivity index (χ0) is 19.2. The molecule has 0 radical (unpaired) electrons. The lowest BCUT2D eigenvalue weighted by Gasteiger charge is -2.10. The third-order valence-electron chi connectivity index (χ3n) is 6.06. The van der Waals surface area contributed by atoms with E-state index in [0.717, 1.165) is 41.8 Å². The third-order valence-corrected chi connectivity index (χ3v) is 8.72. The van der Waals surface area contributed by atoms with Crippen LogP contribution < -0.4 is 0 Å². The average molecular weight is 624 g/mol. The Morgan fingerprint density at radius 1 is 0.607 bits per heavy atom. The Kier molecular flexibility index (Phi) is 4.07. The summed E-state index contributed by atoms with van der Waals surface area (Å²) in [5, 5.41) is 2.35. The molecule has 6 heteroatoms. The van der Waals surface area contributed by atoms with Gasteiger partial charge in [-0.3, -0.25) is 9.97 Å². The van der Waals surface area contributed by atoms with Crippen molar-refractivity contribution in [2.75, 3.05) is 0 Å². The van der Waals surface area contributed by atoms with Gasteiger partial charge in [-0.25, -0.2) is 0 Å². The van der Waals surface area contributed by atoms with Gasteiger partial charge in [-0.15, -0.1) is 0 Å². The molecule has 6 rings (SSSR count). The molecule has 2 unspecified atom stereocenters. The Labute approximate surface area is 195 Å². The van der Waals surface area contributed by atoms with Gasteiger partial charge in [-0.1, -0.05) is 31.9 Å². The molecular formula is C22H12Br4N2. The standard InChI is InChI=1S/C22H12Br4N2/c23-15-1-3-17(25)21-13(15)7-9-5-11-12(19(9)27-21)6-10-8-14-16(24)2-4-18(26)22(14)28-20(10)11/h1-4,7-8,11-12H,5-6H2. The molecular weight excluding hydrogens is 612 g/mol. The summed E-state index contributed by atoms with van der Waals surface area (Å²) in [7, 11) is 0. The fourth-order valence-corrected chi connectivity index (χ4v) is 6.54. The number of benzene rings is 2. The molecule has 2 nitrogen and oxygen atoms in total. The Bertz CT molecular complexity index is 1230. The first-order valence-corrected chi connectivity index (χ1v) is 12.2. The Morgan fingerprint density at radius 2 is 1.00 bits per heavy atom. The van der Waals surface area contributed by atoms with Gasteiger partial charge in [0.2, 0.25) is 0 Å². The van der Waals surface area contributed by atoms with Gasteiger partial charge >= 0.3 is 0 Å². The average Bonchev–Trinajstić information content (AvgIpc) is 3.21. The van der Waals surface area contributed by atoms with E-state index in [4.69, 9.17) is 9.97 Å². The Morgan fingerprint density at radius 3 is 1.43 bits per heavy atom. The minimum absolute atomic E-state index is 0.419. The summed E-state index contributed by atoms with van der Waals surface area (Å²) >= 11 is 14.7. The number of halogens is 4. The number of fused-ring (bicyclic) bond motifs is 7. The predicted octanol–water partition coefficient (Wildman–Crippen LogP) is 7.81.